The van der Waals surface area contributed by atoms with Crippen LogP contribution in [0.5, 0.6) is 5.75 Å². The summed E-state index contributed by atoms with van der Waals surface area (Å²) in [6.45, 7) is 5.21. The third kappa shape index (κ3) is 2.68. The van der Waals surface area contributed by atoms with Gasteiger partial charge in [-0.2, -0.15) is 0 Å². The minimum Gasteiger partial charge on any atom is -0.488 e. The van der Waals surface area contributed by atoms with Crippen LogP contribution >= 0.6 is 23.2 Å². The van der Waals surface area contributed by atoms with Crippen molar-refractivity contribution in [2.45, 2.75) is 6.10 Å². The molecule has 4 nitrogen and oxygen atoms in total. The van der Waals surface area contributed by atoms with E-state index in [-0.39, 0.29) is 6.10 Å². The van der Waals surface area contributed by atoms with Crippen molar-refractivity contribution < 1.29 is 9.47 Å². The second-order valence-electron chi connectivity index (χ2n) is 4.42. The summed E-state index contributed by atoms with van der Waals surface area (Å²) >= 11 is 12.5. The fourth-order valence-electron chi connectivity index (χ4n) is 1.83. The van der Waals surface area contributed by atoms with Crippen LogP contribution in [-0.4, -0.2) is 28.9 Å². The molecule has 1 aliphatic rings. The number of aromatic nitrogens is 2. The Morgan fingerprint density at radius 2 is 2.20 bits per heavy atom. The van der Waals surface area contributed by atoms with Crippen molar-refractivity contribution in [3.05, 3.63) is 53.0 Å². The molecule has 1 aromatic carbocycles. The number of halogens is 2. The lowest BCUT2D eigenvalue weighted by molar-refractivity contribution is 0.262. The van der Waals surface area contributed by atoms with Crippen molar-refractivity contribution in [3.8, 4) is 5.75 Å². The Labute approximate surface area is 126 Å². The van der Waals surface area contributed by atoms with E-state index in [9.17, 15) is 0 Å². The molecule has 0 N–H and O–H groups in total. The van der Waals surface area contributed by atoms with Crippen LogP contribution in [0.4, 0.5) is 0 Å². The SMILES string of the molecule is C=C(c1c(Cl)ccc(Cl)c1OCC1CO1)n1ccnc1. The summed E-state index contributed by atoms with van der Waals surface area (Å²) in [5.41, 5.74) is 1.32. The standard InChI is InChI=1S/C14H12Cl2N2O2/c1-9(18-5-4-17-8-18)13-11(15)2-3-12(16)14(13)20-7-10-6-19-10/h2-5,8,10H,1,6-7H2. The Morgan fingerprint density at radius 1 is 1.45 bits per heavy atom. The van der Waals surface area contributed by atoms with Crippen molar-refractivity contribution in [2.75, 3.05) is 13.2 Å². The summed E-state index contributed by atoms with van der Waals surface area (Å²) < 4.78 is 12.7. The maximum atomic E-state index is 6.28. The molecule has 0 amide bonds. The lowest BCUT2D eigenvalue weighted by atomic mass is 10.1. The summed E-state index contributed by atoms with van der Waals surface area (Å²) in [6, 6.07) is 3.43. The van der Waals surface area contributed by atoms with Gasteiger partial charge in [0.05, 0.1) is 34.2 Å². The van der Waals surface area contributed by atoms with Gasteiger partial charge < -0.3 is 14.0 Å². The van der Waals surface area contributed by atoms with E-state index < -0.39 is 0 Å². The van der Waals surface area contributed by atoms with Gasteiger partial charge in [0.25, 0.3) is 0 Å². The molecule has 0 saturated carbocycles. The van der Waals surface area contributed by atoms with Gasteiger partial charge in [0.1, 0.15) is 18.5 Å². The van der Waals surface area contributed by atoms with E-state index in [1.54, 1.807) is 35.4 Å². The Balaban J connectivity index is 1.98. The maximum absolute atomic E-state index is 6.28. The molecule has 1 atom stereocenters. The molecule has 0 radical (unpaired) electrons. The first-order valence-corrected chi connectivity index (χ1v) is 6.82. The highest BCUT2D eigenvalue weighted by molar-refractivity contribution is 6.35. The Kier molecular flexibility index (Phi) is 3.70. The van der Waals surface area contributed by atoms with E-state index in [1.165, 1.54) is 0 Å². The Bertz CT molecular complexity index is 637. The van der Waals surface area contributed by atoms with Crippen LogP contribution in [0.2, 0.25) is 10.0 Å². The van der Waals surface area contributed by atoms with E-state index in [0.29, 0.717) is 33.7 Å². The van der Waals surface area contributed by atoms with Crippen molar-refractivity contribution >= 4 is 28.9 Å². The van der Waals surface area contributed by atoms with Gasteiger partial charge in [0.2, 0.25) is 0 Å². The minimum absolute atomic E-state index is 0.138. The van der Waals surface area contributed by atoms with E-state index in [1.807, 2.05) is 0 Å². The molecular formula is C14H12Cl2N2O2. The molecule has 0 spiro atoms. The Hall–Kier alpha value is -1.49. The highest BCUT2D eigenvalue weighted by Gasteiger charge is 2.25. The number of nitrogens with zero attached hydrogens (tertiary/aromatic N) is 2. The van der Waals surface area contributed by atoms with Gasteiger partial charge in [-0.25, -0.2) is 4.98 Å². The van der Waals surface area contributed by atoms with Gasteiger partial charge in [-0.1, -0.05) is 29.8 Å². The van der Waals surface area contributed by atoms with Crippen molar-refractivity contribution in [3.63, 3.8) is 0 Å². The summed E-state index contributed by atoms with van der Waals surface area (Å²) in [7, 11) is 0. The average Bonchev–Trinajstić information content (AvgIpc) is 3.10. The van der Waals surface area contributed by atoms with E-state index in [4.69, 9.17) is 32.7 Å². The monoisotopic (exact) mass is 310 g/mol. The summed E-state index contributed by atoms with van der Waals surface area (Å²) in [5.74, 6) is 0.522. The van der Waals surface area contributed by atoms with Crippen LogP contribution in [0.25, 0.3) is 5.70 Å². The largest absolute Gasteiger partial charge is 0.488 e. The van der Waals surface area contributed by atoms with Gasteiger partial charge in [-0.05, 0) is 12.1 Å². The number of hydrogen-bond donors (Lipinski definition) is 0. The molecule has 6 heteroatoms. The number of hydrogen-bond acceptors (Lipinski definition) is 3. The van der Waals surface area contributed by atoms with E-state index in [2.05, 4.69) is 11.6 Å². The van der Waals surface area contributed by atoms with Gasteiger partial charge in [-0.3, -0.25) is 0 Å². The number of imidazole rings is 1. The fraction of sp³-hybridized carbons (Fsp3) is 0.214. The molecule has 0 bridgehead atoms. The smallest absolute Gasteiger partial charge is 0.148 e. The van der Waals surface area contributed by atoms with Crippen LogP contribution in [0.15, 0.2) is 37.4 Å². The molecule has 104 valence electrons. The second-order valence-corrected chi connectivity index (χ2v) is 5.23. The highest BCUT2D eigenvalue weighted by Crippen LogP contribution is 2.39. The first-order chi connectivity index (χ1) is 9.66. The lowest BCUT2D eigenvalue weighted by Gasteiger charge is -2.16. The van der Waals surface area contributed by atoms with E-state index in [0.717, 1.165) is 6.61 Å². The lowest BCUT2D eigenvalue weighted by Crippen LogP contribution is -2.08. The molecule has 1 fully saturated rings. The Morgan fingerprint density at radius 3 is 2.85 bits per heavy atom. The summed E-state index contributed by atoms with van der Waals surface area (Å²) in [5, 5.41) is 1.02. The zero-order valence-electron chi connectivity index (χ0n) is 10.6. The minimum atomic E-state index is 0.138. The van der Waals surface area contributed by atoms with E-state index >= 15 is 0 Å². The van der Waals surface area contributed by atoms with Crippen LogP contribution in [0.3, 0.4) is 0 Å². The van der Waals surface area contributed by atoms with Crippen molar-refractivity contribution in [1.82, 2.24) is 9.55 Å². The molecule has 0 aliphatic carbocycles. The third-order valence-corrected chi connectivity index (χ3v) is 3.59. The third-order valence-electron chi connectivity index (χ3n) is 2.98. The topological polar surface area (TPSA) is 39.6 Å². The van der Waals surface area contributed by atoms with Gasteiger partial charge in [-0.15, -0.1) is 0 Å². The van der Waals surface area contributed by atoms with Crippen molar-refractivity contribution in [1.29, 1.82) is 0 Å². The fourth-order valence-corrected chi connectivity index (χ4v) is 2.30. The number of benzene rings is 1. The van der Waals surface area contributed by atoms with Crippen molar-refractivity contribution in [2.24, 2.45) is 0 Å². The zero-order valence-corrected chi connectivity index (χ0v) is 12.1. The molecule has 1 unspecified atom stereocenters. The maximum Gasteiger partial charge on any atom is 0.148 e. The number of epoxide rings is 1. The van der Waals surface area contributed by atoms with Gasteiger partial charge in [0.15, 0.2) is 0 Å². The predicted octanol–water partition coefficient (Wildman–Crippen LogP) is 3.49. The molecule has 2 aromatic rings. The molecule has 20 heavy (non-hydrogen) atoms. The summed E-state index contributed by atoms with van der Waals surface area (Å²) in [6.07, 6.45) is 5.24. The van der Waals surface area contributed by atoms with Gasteiger partial charge in [0, 0.05) is 12.4 Å². The first-order valence-electron chi connectivity index (χ1n) is 6.07. The van der Waals surface area contributed by atoms with Crippen LogP contribution in [-0.2, 0) is 4.74 Å². The predicted molar refractivity (Wildman–Crippen MR) is 78.4 cm³/mol. The van der Waals surface area contributed by atoms with Crippen LogP contribution in [0, 0.1) is 0 Å². The van der Waals surface area contributed by atoms with Gasteiger partial charge >= 0.3 is 0 Å². The quantitative estimate of drug-likeness (QED) is 0.794. The molecule has 2 heterocycles. The number of rotatable bonds is 5. The molecule has 1 saturated heterocycles. The molecule has 3 rings (SSSR count). The summed E-state index contributed by atoms with van der Waals surface area (Å²) in [4.78, 5) is 4.00. The molecule has 1 aliphatic heterocycles. The molecular weight excluding hydrogens is 299 g/mol. The first kappa shape index (κ1) is 13.5. The average molecular weight is 311 g/mol. The molecule has 1 aromatic heterocycles. The highest BCUT2D eigenvalue weighted by atomic mass is 35.5. The van der Waals surface area contributed by atoms with Crippen LogP contribution < -0.4 is 4.74 Å². The zero-order chi connectivity index (χ0) is 14.1. The normalized spacial score (nSPS) is 17.0. The number of ether oxygens (including phenoxy) is 2. The second kappa shape index (κ2) is 5.48. The van der Waals surface area contributed by atoms with Crippen LogP contribution in [0.1, 0.15) is 5.56 Å².